The minimum Gasteiger partial charge on any atom is -0.493 e. The molecule has 25 heavy (non-hydrogen) atoms. The minimum absolute atomic E-state index is 0.417. The van der Waals surface area contributed by atoms with Gasteiger partial charge in [-0.2, -0.15) is 4.98 Å². The van der Waals surface area contributed by atoms with E-state index in [0.717, 1.165) is 43.4 Å². The van der Waals surface area contributed by atoms with Crippen LogP contribution in [0.4, 0.5) is 0 Å². The van der Waals surface area contributed by atoms with Gasteiger partial charge in [-0.1, -0.05) is 12.1 Å². The van der Waals surface area contributed by atoms with Gasteiger partial charge in [0.1, 0.15) is 0 Å². The van der Waals surface area contributed by atoms with Gasteiger partial charge in [-0.25, -0.2) is 9.50 Å². The van der Waals surface area contributed by atoms with Crippen molar-refractivity contribution in [1.29, 1.82) is 0 Å². The van der Waals surface area contributed by atoms with Crippen LogP contribution in [0.25, 0.3) is 5.78 Å². The number of hydrogen-bond acceptors (Lipinski definition) is 6. The fraction of sp³-hybridized carbons (Fsp3) is 0.389. The van der Waals surface area contributed by atoms with Crippen molar-refractivity contribution < 1.29 is 9.47 Å². The summed E-state index contributed by atoms with van der Waals surface area (Å²) in [5, 5.41) is 4.49. The molecule has 130 valence electrons. The lowest BCUT2D eigenvalue weighted by atomic mass is 9.97. The Hall–Kier alpha value is -2.67. The summed E-state index contributed by atoms with van der Waals surface area (Å²) in [5.74, 6) is 3.48. The predicted molar refractivity (Wildman–Crippen MR) is 93.0 cm³/mol. The first-order chi connectivity index (χ1) is 12.3. The molecular formula is C18H21N5O2. The first-order valence-corrected chi connectivity index (χ1v) is 8.38. The summed E-state index contributed by atoms with van der Waals surface area (Å²) in [7, 11) is 3.37. The average molecular weight is 339 g/mol. The molecule has 3 aromatic rings. The Kier molecular flexibility index (Phi) is 4.23. The molecule has 7 heteroatoms. The molecule has 3 heterocycles. The molecule has 7 nitrogen and oxygen atoms in total. The van der Waals surface area contributed by atoms with E-state index in [0.29, 0.717) is 11.7 Å². The summed E-state index contributed by atoms with van der Waals surface area (Å²) >= 11 is 0. The van der Waals surface area contributed by atoms with Crippen LogP contribution in [0.3, 0.4) is 0 Å². The third-order valence-corrected chi connectivity index (χ3v) is 4.67. The van der Waals surface area contributed by atoms with Crippen LogP contribution in [0, 0.1) is 0 Å². The maximum Gasteiger partial charge on any atom is 0.252 e. The van der Waals surface area contributed by atoms with E-state index in [2.05, 4.69) is 26.0 Å². The molecule has 2 aromatic heterocycles. The van der Waals surface area contributed by atoms with Crippen LogP contribution in [-0.4, -0.2) is 51.8 Å². The second-order valence-corrected chi connectivity index (χ2v) is 6.20. The average Bonchev–Trinajstić information content (AvgIpc) is 3.27. The van der Waals surface area contributed by atoms with Gasteiger partial charge in [0.25, 0.3) is 5.78 Å². The molecule has 1 aromatic carbocycles. The number of ether oxygens (including phenoxy) is 2. The zero-order valence-electron chi connectivity index (χ0n) is 14.4. The van der Waals surface area contributed by atoms with E-state index in [-0.39, 0.29) is 0 Å². The minimum atomic E-state index is 0.417. The highest BCUT2D eigenvalue weighted by Crippen LogP contribution is 2.39. The van der Waals surface area contributed by atoms with E-state index >= 15 is 0 Å². The highest BCUT2D eigenvalue weighted by molar-refractivity contribution is 5.48. The predicted octanol–water partition coefficient (Wildman–Crippen LogP) is 2.13. The molecule has 4 rings (SSSR count). The Balaban J connectivity index is 1.50. The van der Waals surface area contributed by atoms with Gasteiger partial charge in [0, 0.05) is 30.4 Å². The first-order valence-electron chi connectivity index (χ1n) is 8.38. The molecule has 0 radical (unpaired) electrons. The van der Waals surface area contributed by atoms with E-state index in [9.17, 15) is 0 Å². The Labute approximate surface area is 146 Å². The number of methoxy groups -OCH3 is 2. The number of likely N-dealkylation sites (tertiary alicyclic amines) is 1. The van der Waals surface area contributed by atoms with E-state index in [1.54, 1.807) is 24.9 Å². The monoisotopic (exact) mass is 339 g/mol. The van der Waals surface area contributed by atoms with Crippen molar-refractivity contribution in [3.05, 3.63) is 48.0 Å². The van der Waals surface area contributed by atoms with Gasteiger partial charge in [-0.05, 0) is 25.1 Å². The number of rotatable bonds is 5. The van der Waals surface area contributed by atoms with Gasteiger partial charge in [-0.3, -0.25) is 4.90 Å². The molecule has 1 atom stereocenters. The summed E-state index contributed by atoms with van der Waals surface area (Å²) < 4.78 is 12.7. The van der Waals surface area contributed by atoms with Gasteiger partial charge >= 0.3 is 0 Å². The second kappa shape index (κ2) is 6.68. The largest absolute Gasteiger partial charge is 0.493 e. The standard InChI is InChI=1S/C18H21N5O2/c1-24-15-6-3-5-14(17(15)25-2)13-7-10-22(11-13)12-16-20-18-19-8-4-9-23(18)21-16/h3-6,8-9,13H,7,10-12H2,1-2H3/t13-/m0/s1. The van der Waals surface area contributed by atoms with Crippen LogP contribution in [0.2, 0.25) is 0 Å². The second-order valence-electron chi connectivity index (χ2n) is 6.20. The van der Waals surface area contributed by atoms with Crippen LogP contribution >= 0.6 is 0 Å². The van der Waals surface area contributed by atoms with Crippen molar-refractivity contribution in [2.75, 3.05) is 27.3 Å². The van der Waals surface area contributed by atoms with Crippen LogP contribution < -0.4 is 9.47 Å². The van der Waals surface area contributed by atoms with Crippen LogP contribution in [0.15, 0.2) is 36.7 Å². The third kappa shape index (κ3) is 3.02. The van der Waals surface area contributed by atoms with Gasteiger partial charge in [-0.15, -0.1) is 5.10 Å². The topological polar surface area (TPSA) is 64.8 Å². The number of hydrogen-bond donors (Lipinski definition) is 0. The van der Waals surface area contributed by atoms with Crippen molar-refractivity contribution in [2.45, 2.75) is 18.9 Å². The fourth-order valence-electron chi connectivity index (χ4n) is 3.51. The molecule has 0 saturated carbocycles. The molecule has 0 amide bonds. The number of aromatic nitrogens is 4. The summed E-state index contributed by atoms with van der Waals surface area (Å²) in [5.41, 5.74) is 1.20. The number of fused-ring (bicyclic) bond motifs is 1. The lowest BCUT2D eigenvalue weighted by Crippen LogP contribution is -2.20. The van der Waals surface area contributed by atoms with Crippen molar-refractivity contribution in [1.82, 2.24) is 24.5 Å². The molecule has 0 unspecified atom stereocenters. The molecule has 0 N–H and O–H groups in total. The smallest absolute Gasteiger partial charge is 0.252 e. The molecule has 1 aliphatic heterocycles. The molecule has 0 bridgehead atoms. The van der Waals surface area contributed by atoms with E-state index < -0.39 is 0 Å². The van der Waals surface area contributed by atoms with Crippen molar-refractivity contribution in [2.24, 2.45) is 0 Å². The molecule has 1 fully saturated rings. The maximum absolute atomic E-state index is 5.59. The van der Waals surface area contributed by atoms with Crippen molar-refractivity contribution in [3.8, 4) is 11.5 Å². The van der Waals surface area contributed by atoms with E-state index in [4.69, 9.17) is 9.47 Å². The number of nitrogens with zero attached hydrogens (tertiary/aromatic N) is 5. The molecule has 0 spiro atoms. The van der Waals surface area contributed by atoms with E-state index in [1.807, 2.05) is 24.4 Å². The Morgan fingerprint density at radius 2 is 2.12 bits per heavy atom. The van der Waals surface area contributed by atoms with Gasteiger partial charge in [0.2, 0.25) is 0 Å². The third-order valence-electron chi connectivity index (χ3n) is 4.67. The molecule has 0 aliphatic carbocycles. The first kappa shape index (κ1) is 15.8. The van der Waals surface area contributed by atoms with Crippen LogP contribution in [-0.2, 0) is 6.54 Å². The Bertz CT molecular complexity index is 846. The zero-order chi connectivity index (χ0) is 17.2. The van der Waals surface area contributed by atoms with Gasteiger partial charge in [0.15, 0.2) is 17.3 Å². The maximum atomic E-state index is 5.59. The SMILES string of the molecule is COc1cccc([C@H]2CCN(Cc3nc4ncccn4n3)C2)c1OC. The van der Waals surface area contributed by atoms with Gasteiger partial charge < -0.3 is 9.47 Å². The quantitative estimate of drug-likeness (QED) is 0.709. The van der Waals surface area contributed by atoms with E-state index in [1.165, 1.54) is 5.56 Å². The molecular weight excluding hydrogens is 318 g/mol. The van der Waals surface area contributed by atoms with Crippen LogP contribution in [0.5, 0.6) is 11.5 Å². The summed E-state index contributed by atoms with van der Waals surface area (Å²) in [6.07, 6.45) is 4.68. The zero-order valence-corrected chi connectivity index (χ0v) is 14.4. The summed E-state index contributed by atoms with van der Waals surface area (Å²) in [6.45, 7) is 2.69. The Morgan fingerprint density at radius 3 is 2.92 bits per heavy atom. The van der Waals surface area contributed by atoms with Gasteiger partial charge in [0.05, 0.1) is 20.8 Å². The molecule has 1 saturated heterocycles. The lowest BCUT2D eigenvalue weighted by molar-refractivity contribution is 0.315. The Morgan fingerprint density at radius 1 is 1.20 bits per heavy atom. The molecule has 1 aliphatic rings. The van der Waals surface area contributed by atoms with Crippen molar-refractivity contribution in [3.63, 3.8) is 0 Å². The van der Waals surface area contributed by atoms with Crippen molar-refractivity contribution >= 4 is 5.78 Å². The summed E-state index contributed by atoms with van der Waals surface area (Å²) in [4.78, 5) is 11.1. The fourth-order valence-corrected chi connectivity index (χ4v) is 3.51. The summed E-state index contributed by atoms with van der Waals surface area (Å²) in [6, 6.07) is 7.94. The lowest BCUT2D eigenvalue weighted by Gasteiger charge is -2.18. The number of para-hydroxylation sites is 1. The number of benzene rings is 1. The normalized spacial score (nSPS) is 17.9. The highest BCUT2D eigenvalue weighted by atomic mass is 16.5. The van der Waals surface area contributed by atoms with Crippen LogP contribution in [0.1, 0.15) is 23.7 Å². The highest BCUT2D eigenvalue weighted by Gasteiger charge is 2.28.